The number of halogens is 1. The first-order valence-electron chi connectivity index (χ1n) is 8.33. The van der Waals surface area contributed by atoms with Gasteiger partial charge in [0.2, 0.25) is 0 Å². The van der Waals surface area contributed by atoms with Crippen LogP contribution in [-0.2, 0) is 0 Å². The van der Waals surface area contributed by atoms with E-state index in [0.29, 0.717) is 21.8 Å². The summed E-state index contributed by atoms with van der Waals surface area (Å²) in [6.07, 6.45) is 2.85. The molecule has 0 radical (unpaired) electrons. The lowest BCUT2D eigenvalue weighted by molar-refractivity contribution is 0.102. The second kappa shape index (κ2) is 8.01. The molecule has 0 bridgehead atoms. The number of amides is 2. The molecule has 0 saturated heterocycles. The lowest BCUT2D eigenvalue weighted by atomic mass is 10.1. The first-order valence-corrected chi connectivity index (χ1v) is 8.71. The number of hydrogen-bond donors (Lipinski definition) is 2. The van der Waals surface area contributed by atoms with Crippen LogP contribution >= 0.6 is 11.6 Å². The van der Waals surface area contributed by atoms with Gasteiger partial charge in [-0.1, -0.05) is 29.8 Å². The third-order valence-electron chi connectivity index (χ3n) is 4.08. The van der Waals surface area contributed by atoms with E-state index in [1.54, 1.807) is 24.3 Å². The van der Waals surface area contributed by atoms with Gasteiger partial charge in [0, 0.05) is 28.8 Å². The molecule has 0 unspecified atom stereocenters. The fourth-order valence-corrected chi connectivity index (χ4v) is 2.75. The summed E-state index contributed by atoms with van der Waals surface area (Å²) in [5.41, 5.74) is 3.90. The van der Waals surface area contributed by atoms with Crippen molar-refractivity contribution in [3.63, 3.8) is 0 Å². The van der Waals surface area contributed by atoms with Crippen molar-refractivity contribution >= 4 is 34.8 Å². The van der Waals surface area contributed by atoms with Crippen molar-refractivity contribution in [2.45, 2.75) is 13.8 Å². The number of aromatic nitrogens is 1. The van der Waals surface area contributed by atoms with Crippen LogP contribution in [0.25, 0.3) is 0 Å². The average Bonchev–Trinajstić information content (AvgIpc) is 2.66. The molecule has 0 fully saturated rings. The first-order chi connectivity index (χ1) is 12.9. The highest BCUT2D eigenvalue weighted by Gasteiger charge is 2.13. The molecule has 0 aliphatic carbocycles. The molecule has 27 heavy (non-hydrogen) atoms. The number of carbonyl (C=O) groups is 2. The highest BCUT2D eigenvalue weighted by molar-refractivity contribution is 6.30. The predicted molar refractivity (Wildman–Crippen MR) is 108 cm³/mol. The van der Waals surface area contributed by atoms with Crippen molar-refractivity contribution in [3.05, 3.63) is 88.2 Å². The number of para-hydroxylation sites is 1. The third-order valence-corrected chi connectivity index (χ3v) is 4.34. The molecule has 5 nitrogen and oxygen atoms in total. The molecule has 2 amide bonds. The Morgan fingerprint density at radius 2 is 1.41 bits per heavy atom. The van der Waals surface area contributed by atoms with Crippen molar-refractivity contribution in [1.82, 2.24) is 4.98 Å². The van der Waals surface area contributed by atoms with Gasteiger partial charge in [0.25, 0.3) is 11.8 Å². The van der Waals surface area contributed by atoms with Gasteiger partial charge in [-0.25, -0.2) is 0 Å². The summed E-state index contributed by atoms with van der Waals surface area (Å²) in [5, 5.41) is 6.22. The molecule has 0 aliphatic heterocycles. The molecule has 2 N–H and O–H groups in total. The van der Waals surface area contributed by atoms with E-state index in [0.717, 1.165) is 16.8 Å². The van der Waals surface area contributed by atoms with E-state index >= 15 is 0 Å². The molecular formula is C21H18ClN3O2. The maximum Gasteiger partial charge on any atom is 0.257 e. The van der Waals surface area contributed by atoms with Crippen LogP contribution in [0.1, 0.15) is 31.8 Å². The molecule has 2 aromatic carbocycles. The minimum absolute atomic E-state index is 0.291. The van der Waals surface area contributed by atoms with Gasteiger partial charge in [0.05, 0.1) is 11.1 Å². The van der Waals surface area contributed by atoms with Gasteiger partial charge < -0.3 is 10.6 Å². The van der Waals surface area contributed by atoms with Gasteiger partial charge in [0.15, 0.2) is 0 Å². The number of carbonyl (C=O) groups excluding carboxylic acids is 2. The van der Waals surface area contributed by atoms with E-state index in [1.807, 2.05) is 32.0 Å². The largest absolute Gasteiger partial charge is 0.322 e. The Labute approximate surface area is 162 Å². The molecule has 6 heteroatoms. The number of nitrogens with zero attached hydrogens (tertiary/aromatic N) is 1. The highest BCUT2D eigenvalue weighted by atomic mass is 35.5. The summed E-state index contributed by atoms with van der Waals surface area (Å²) >= 11 is 5.84. The summed E-state index contributed by atoms with van der Waals surface area (Å²) in [7, 11) is 0. The topological polar surface area (TPSA) is 71.1 Å². The zero-order valence-corrected chi connectivity index (χ0v) is 15.7. The number of aryl methyl sites for hydroxylation is 2. The van der Waals surface area contributed by atoms with Crippen molar-refractivity contribution in [3.8, 4) is 0 Å². The van der Waals surface area contributed by atoms with Crippen LogP contribution < -0.4 is 10.6 Å². The summed E-state index contributed by atoms with van der Waals surface area (Å²) in [6, 6.07) is 14.1. The number of pyridine rings is 1. The lowest BCUT2D eigenvalue weighted by Gasteiger charge is -2.12. The Kier molecular flexibility index (Phi) is 5.52. The summed E-state index contributed by atoms with van der Waals surface area (Å²) in [5.74, 6) is -0.674. The van der Waals surface area contributed by atoms with Crippen LogP contribution in [0.4, 0.5) is 11.4 Å². The lowest BCUT2D eigenvalue weighted by Crippen LogP contribution is -2.17. The Hall–Kier alpha value is -3.18. The quantitative estimate of drug-likeness (QED) is 0.680. The third kappa shape index (κ3) is 4.51. The minimum Gasteiger partial charge on any atom is -0.322 e. The standard InChI is InChI=1S/C21H18ClN3O2/c1-13-4-3-5-14(2)19(13)25-21(27)16-10-15(11-23-12-16)20(26)24-18-8-6-17(22)7-9-18/h3-12H,1-2H3,(H,24,26)(H,25,27). The van der Waals surface area contributed by atoms with Crippen molar-refractivity contribution < 1.29 is 9.59 Å². The van der Waals surface area contributed by atoms with Crippen LogP contribution in [0.2, 0.25) is 5.02 Å². The number of rotatable bonds is 4. The van der Waals surface area contributed by atoms with Gasteiger partial charge >= 0.3 is 0 Å². The Morgan fingerprint density at radius 3 is 2.00 bits per heavy atom. The van der Waals surface area contributed by atoms with Gasteiger partial charge in [-0.2, -0.15) is 0 Å². The number of anilines is 2. The molecule has 1 aromatic heterocycles. The minimum atomic E-state index is -0.355. The molecule has 0 atom stereocenters. The van der Waals surface area contributed by atoms with E-state index in [2.05, 4.69) is 15.6 Å². The molecule has 0 saturated carbocycles. The van der Waals surface area contributed by atoms with Crippen molar-refractivity contribution in [2.24, 2.45) is 0 Å². The molecule has 3 aromatic rings. The van der Waals surface area contributed by atoms with E-state index in [9.17, 15) is 9.59 Å². The van der Waals surface area contributed by atoms with Crippen molar-refractivity contribution in [2.75, 3.05) is 10.6 Å². The fraction of sp³-hybridized carbons (Fsp3) is 0.0952. The van der Waals surface area contributed by atoms with Crippen LogP contribution in [-0.4, -0.2) is 16.8 Å². The maximum absolute atomic E-state index is 12.6. The molecular weight excluding hydrogens is 362 g/mol. The zero-order valence-electron chi connectivity index (χ0n) is 14.9. The van der Waals surface area contributed by atoms with Crippen molar-refractivity contribution in [1.29, 1.82) is 0 Å². The molecule has 0 aliphatic rings. The monoisotopic (exact) mass is 379 g/mol. The number of hydrogen-bond acceptors (Lipinski definition) is 3. The predicted octanol–water partition coefficient (Wildman–Crippen LogP) is 4.86. The van der Waals surface area contributed by atoms with Gasteiger partial charge in [-0.15, -0.1) is 0 Å². The summed E-state index contributed by atoms with van der Waals surface area (Å²) in [6.45, 7) is 3.85. The van der Waals surface area contributed by atoms with Gasteiger partial charge in [-0.3, -0.25) is 14.6 Å². The smallest absolute Gasteiger partial charge is 0.257 e. The van der Waals surface area contributed by atoms with Gasteiger partial charge in [0.1, 0.15) is 0 Å². The Bertz CT molecular complexity index is 980. The van der Waals surface area contributed by atoms with E-state index in [1.165, 1.54) is 18.5 Å². The SMILES string of the molecule is Cc1cccc(C)c1NC(=O)c1cncc(C(=O)Nc2ccc(Cl)cc2)c1. The zero-order chi connectivity index (χ0) is 19.4. The van der Waals surface area contributed by atoms with Crippen LogP contribution in [0.3, 0.4) is 0 Å². The fourth-order valence-electron chi connectivity index (χ4n) is 2.62. The molecule has 136 valence electrons. The van der Waals surface area contributed by atoms with E-state index in [-0.39, 0.29) is 11.8 Å². The maximum atomic E-state index is 12.6. The number of nitrogens with one attached hydrogen (secondary N) is 2. The van der Waals surface area contributed by atoms with Crippen LogP contribution in [0.15, 0.2) is 60.9 Å². The van der Waals surface area contributed by atoms with Crippen LogP contribution in [0, 0.1) is 13.8 Å². The van der Waals surface area contributed by atoms with Gasteiger partial charge in [-0.05, 0) is 55.3 Å². The highest BCUT2D eigenvalue weighted by Crippen LogP contribution is 2.20. The molecule has 3 rings (SSSR count). The summed E-state index contributed by atoms with van der Waals surface area (Å²) in [4.78, 5) is 29.0. The van der Waals surface area contributed by atoms with Crippen LogP contribution in [0.5, 0.6) is 0 Å². The Morgan fingerprint density at radius 1 is 0.852 bits per heavy atom. The summed E-state index contributed by atoms with van der Waals surface area (Å²) < 4.78 is 0. The first kappa shape index (κ1) is 18.6. The number of benzene rings is 2. The normalized spacial score (nSPS) is 10.3. The average molecular weight is 380 g/mol. The Balaban J connectivity index is 1.77. The second-order valence-corrected chi connectivity index (χ2v) is 6.58. The van der Waals surface area contributed by atoms with E-state index < -0.39 is 0 Å². The molecule has 1 heterocycles. The second-order valence-electron chi connectivity index (χ2n) is 6.14. The molecule has 0 spiro atoms. The van der Waals surface area contributed by atoms with E-state index in [4.69, 9.17) is 11.6 Å².